The van der Waals surface area contributed by atoms with E-state index < -0.39 is 9.84 Å². The molecule has 0 unspecified atom stereocenters. The fourth-order valence-electron chi connectivity index (χ4n) is 2.15. The van der Waals surface area contributed by atoms with Crippen LogP contribution >= 0.6 is 11.6 Å². The third kappa shape index (κ3) is 2.64. The standard InChI is InChI=1S/C10H12ClN5O2S/c11-10-14-8(7-5-12-16-9(7)15-10)13-6-1-3-19(17,18)4-2-6/h5-6H,1-4H2,(H2,12,13,14,15,16). The summed E-state index contributed by atoms with van der Waals surface area (Å²) in [6, 6.07) is 0.0765. The monoisotopic (exact) mass is 301 g/mol. The van der Waals surface area contributed by atoms with Crippen LogP contribution in [-0.2, 0) is 9.84 Å². The second kappa shape index (κ2) is 4.61. The topological polar surface area (TPSA) is 101 Å². The average Bonchev–Trinajstić information content (AvgIpc) is 2.80. The molecule has 9 heteroatoms. The first-order valence-electron chi connectivity index (χ1n) is 5.87. The molecule has 0 atom stereocenters. The van der Waals surface area contributed by atoms with E-state index in [4.69, 9.17) is 11.6 Å². The normalized spacial score (nSPS) is 19.6. The quantitative estimate of drug-likeness (QED) is 0.802. The van der Waals surface area contributed by atoms with Gasteiger partial charge in [0.15, 0.2) is 5.65 Å². The van der Waals surface area contributed by atoms with Crippen LogP contribution in [0.1, 0.15) is 12.8 Å². The zero-order valence-corrected chi connectivity index (χ0v) is 11.5. The van der Waals surface area contributed by atoms with Crippen LogP contribution < -0.4 is 5.32 Å². The van der Waals surface area contributed by atoms with Gasteiger partial charge >= 0.3 is 0 Å². The first-order chi connectivity index (χ1) is 9.03. The number of halogens is 1. The molecule has 1 aliphatic heterocycles. The Morgan fingerprint density at radius 2 is 2.05 bits per heavy atom. The Kier molecular flexibility index (Phi) is 3.06. The summed E-state index contributed by atoms with van der Waals surface area (Å²) < 4.78 is 22.8. The van der Waals surface area contributed by atoms with Gasteiger partial charge in [-0.2, -0.15) is 15.1 Å². The van der Waals surface area contributed by atoms with Gasteiger partial charge in [-0.15, -0.1) is 0 Å². The summed E-state index contributed by atoms with van der Waals surface area (Å²) in [5, 5.41) is 10.7. The van der Waals surface area contributed by atoms with Gasteiger partial charge in [0, 0.05) is 6.04 Å². The van der Waals surface area contributed by atoms with Crippen molar-refractivity contribution in [3.8, 4) is 0 Å². The smallest absolute Gasteiger partial charge is 0.226 e. The third-order valence-electron chi connectivity index (χ3n) is 3.18. The van der Waals surface area contributed by atoms with Gasteiger partial charge in [-0.3, -0.25) is 5.10 Å². The molecule has 0 bridgehead atoms. The van der Waals surface area contributed by atoms with Crippen molar-refractivity contribution in [1.29, 1.82) is 0 Å². The lowest BCUT2D eigenvalue weighted by Crippen LogP contribution is -2.32. The number of sulfone groups is 1. The molecule has 2 aromatic rings. The van der Waals surface area contributed by atoms with Crippen LogP contribution in [0, 0.1) is 0 Å². The van der Waals surface area contributed by atoms with Gasteiger partial charge in [0.05, 0.1) is 23.1 Å². The van der Waals surface area contributed by atoms with Crippen molar-refractivity contribution < 1.29 is 8.42 Å². The highest BCUT2D eigenvalue weighted by molar-refractivity contribution is 7.91. The molecule has 0 aliphatic carbocycles. The Bertz CT molecular complexity index is 700. The summed E-state index contributed by atoms with van der Waals surface area (Å²) in [7, 11) is -2.87. The van der Waals surface area contributed by atoms with E-state index in [1.807, 2.05) is 0 Å². The second-order valence-electron chi connectivity index (χ2n) is 4.54. The van der Waals surface area contributed by atoms with Crippen LogP contribution in [0.25, 0.3) is 11.0 Å². The fourth-order valence-corrected chi connectivity index (χ4v) is 3.81. The number of anilines is 1. The predicted octanol–water partition coefficient (Wildman–Crippen LogP) is 0.995. The van der Waals surface area contributed by atoms with Gasteiger partial charge in [0.2, 0.25) is 5.28 Å². The Morgan fingerprint density at radius 3 is 2.79 bits per heavy atom. The molecule has 3 heterocycles. The molecule has 0 amide bonds. The number of hydrogen-bond acceptors (Lipinski definition) is 6. The van der Waals surface area contributed by atoms with Crippen LogP contribution in [0.3, 0.4) is 0 Å². The number of nitrogens with one attached hydrogen (secondary N) is 2. The first-order valence-corrected chi connectivity index (χ1v) is 8.07. The number of aromatic amines is 1. The van der Waals surface area contributed by atoms with Gasteiger partial charge in [-0.05, 0) is 24.4 Å². The lowest BCUT2D eigenvalue weighted by Gasteiger charge is -2.23. The van der Waals surface area contributed by atoms with E-state index in [9.17, 15) is 8.42 Å². The minimum Gasteiger partial charge on any atom is -0.367 e. The summed E-state index contributed by atoms with van der Waals surface area (Å²) in [4.78, 5) is 8.15. The molecule has 0 aromatic carbocycles. The van der Waals surface area contributed by atoms with Gasteiger partial charge in [0.25, 0.3) is 0 Å². The summed E-state index contributed by atoms with van der Waals surface area (Å²) >= 11 is 5.84. The molecule has 1 saturated heterocycles. The van der Waals surface area contributed by atoms with Crippen molar-refractivity contribution in [1.82, 2.24) is 20.2 Å². The molecule has 3 rings (SSSR count). The van der Waals surface area contributed by atoms with E-state index in [0.29, 0.717) is 24.3 Å². The van der Waals surface area contributed by atoms with Gasteiger partial charge in [0.1, 0.15) is 15.7 Å². The van der Waals surface area contributed by atoms with Crippen LogP contribution in [0.2, 0.25) is 5.28 Å². The highest BCUT2D eigenvalue weighted by Gasteiger charge is 2.24. The van der Waals surface area contributed by atoms with Gasteiger partial charge in [-0.1, -0.05) is 0 Å². The van der Waals surface area contributed by atoms with E-state index in [2.05, 4.69) is 25.5 Å². The molecule has 2 aromatic heterocycles. The van der Waals surface area contributed by atoms with Crippen molar-refractivity contribution in [3.63, 3.8) is 0 Å². The SMILES string of the molecule is O=S1(=O)CCC(Nc2nc(Cl)nc3[nH]ncc23)CC1. The van der Waals surface area contributed by atoms with Crippen LogP contribution in [-0.4, -0.2) is 46.1 Å². The molecular formula is C10H12ClN5O2S. The number of rotatable bonds is 2. The number of nitrogens with zero attached hydrogens (tertiary/aromatic N) is 3. The molecule has 19 heavy (non-hydrogen) atoms. The Morgan fingerprint density at radius 1 is 1.32 bits per heavy atom. The summed E-state index contributed by atoms with van der Waals surface area (Å²) in [6.07, 6.45) is 2.76. The minimum atomic E-state index is -2.87. The molecule has 2 N–H and O–H groups in total. The molecule has 0 radical (unpaired) electrons. The molecule has 0 saturated carbocycles. The lowest BCUT2D eigenvalue weighted by atomic mass is 10.1. The van der Waals surface area contributed by atoms with Crippen molar-refractivity contribution in [2.45, 2.75) is 18.9 Å². The Hall–Kier alpha value is -1.41. The molecule has 1 aliphatic rings. The maximum Gasteiger partial charge on any atom is 0.226 e. The van der Waals surface area contributed by atoms with Crippen molar-refractivity contribution >= 4 is 38.3 Å². The van der Waals surface area contributed by atoms with E-state index in [1.54, 1.807) is 6.20 Å². The Labute approximate surface area is 114 Å². The summed E-state index contributed by atoms with van der Waals surface area (Å²) in [5.74, 6) is 1.00. The van der Waals surface area contributed by atoms with Gasteiger partial charge < -0.3 is 5.32 Å². The zero-order valence-electron chi connectivity index (χ0n) is 9.93. The maximum atomic E-state index is 11.4. The largest absolute Gasteiger partial charge is 0.367 e. The lowest BCUT2D eigenvalue weighted by molar-refractivity contribution is 0.559. The van der Waals surface area contributed by atoms with Crippen molar-refractivity contribution in [3.05, 3.63) is 11.5 Å². The average molecular weight is 302 g/mol. The fraction of sp³-hybridized carbons (Fsp3) is 0.500. The molecule has 0 spiro atoms. The molecule has 1 fully saturated rings. The molecular weight excluding hydrogens is 290 g/mol. The van der Waals surface area contributed by atoms with Crippen LogP contribution in [0.15, 0.2) is 6.20 Å². The minimum absolute atomic E-state index is 0.0765. The van der Waals surface area contributed by atoms with Crippen molar-refractivity contribution in [2.24, 2.45) is 0 Å². The zero-order chi connectivity index (χ0) is 13.5. The molecule has 7 nitrogen and oxygen atoms in total. The number of hydrogen-bond donors (Lipinski definition) is 2. The molecule has 102 valence electrons. The number of aromatic nitrogens is 4. The van der Waals surface area contributed by atoms with Crippen LogP contribution in [0.4, 0.5) is 5.82 Å². The summed E-state index contributed by atoms with van der Waals surface area (Å²) in [5.41, 5.74) is 0.561. The van der Waals surface area contributed by atoms with E-state index in [1.165, 1.54) is 0 Å². The van der Waals surface area contributed by atoms with Gasteiger partial charge in [-0.25, -0.2) is 8.42 Å². The van der Waals surface area contributed by atoms with E-state index in [0.717, 1.165) is 5.39 Å². The Balaban J connectivity index is 1.84. The number of fused-ring (bicyclic) bond motifs is 1. The highest BCUT2D eigenvalue weighted by atomic mass is 35.5. The second-order valence-corrected chi connectivity index (χ2v) is 7.19. The van der Waals surface area contributed by atoms with Crippen molar-refractivity contribution in [2.75, 3.05) is 16.8 Å². The predicted molar refractivity (Wildman–Crippen MR) is 72.0 cm³/mol. The van der Waals surface area contributed by atoms with E-state index in [-0.39, 0.29) is 22.8 Å². The third-order valence-corrected chi connectivity index (χ3v) is 5.06. The maximum absolute atomic E-state index is 11.4. The first kappa shape index (κ1) is 12.6. The highest BCUT2D eigenvalue weighted by Crippen LogP contribution is 2.23. The van der Waals surface area contributed by atoms with Crippen LogP contribution in [0.5, 0.6) is 0 Å². The van der Waals surface area contributed by atoms with E-state index >= 15 is 0 Å². The summed E-state index contributed by atoms with van der Waals surface area (Å²) in [6.45, 7) is 0. The number of H-pyrrole nitrogens is 1.